The Morgan fingerprint density at radius 2 is 1.62 bits per heavy atom. The predicted octanol–water partition coefficient (Wildman–Crippen LogP) is 3.01. The zero-order valence-electron chi connectivity index (χ0n) is 11.9. The van der Waals surface area contributed by atoms with Crippen molar-refractivity contribution in [3.05, 3.63) is 64.2 Å². The number of amides is 1. The minimum absolute atomic E-state index is 0.0189. The van der Waals surface area contributed by atoms with E-state index in [-0.39, 0.29) is 16.9 Å². The van der Waals surface area contributed by atoms with Crippen molar-refractivity contribution in [3.8, 4) is 5.75 Å². The highest BCUT2D eigenvalue weighted by atomic mass is 19.4. The summed E-state index contributed by atoms with van der Waals surface area (Å²) in [5.74, 6) is 4.46. The third-order valence-electron chi connectivity index (χ3n) is 2.89. The van der Waals surface area contributed by atoms with Gasteiger partial charge in [0.2, 0.25) is 0 Å². The van der Waals surface area contributed by atoms with Crippen molar-refractivity contribution in [2.24, 2.45) is 5.84 Å². The number of ether oxygens (including phenoxy) is 1. The van der Waals surface area contributed by atoms with Crippen molar-refractivity contribution in [1.29, 1.82) is 0 Å². The molecule has 0 radical (unpaired) electrons. The molecule has 0 fully saturated rings. The van der Waals surface area contributed by atoms with E-state index in [9.17, 15) is 28.1 Å². The fraction of sp³-hybridized carbons (Fsp3) is 0.0714. The average Bonchev–Trinajstić information content (AvgIpc) is 2.53. The maximum absolute atomic E-state index is 12.2. The molecular weight excluding hydrogens is 331 g/mol. The number of alkyl halides is 3. The fourth-order valence-electron chi connectivity index (χ4n) is 1.79. The molecule has 2 aromatic carbocycles. The smallest absolute Gasteiger partial charge is 0.406 e. The summed E-state index contributed by atoms with van der Waals surface area (Å²) in [5.41, 5.74) is 0.0276. The van der Waals surface area contributed by atoms with Gasteiger partial charge >= 0.3 is 6.36 Å². The van der Waals surface area contributed by atoms with E-state index < -0.39 is 22.9 Å². The van der Waals surface area contributed by atoms with E-state index in [1.165, 1.54) is 24.3 Å². The van der Waals surface area contributed by atoms with Gasteiger partial charge in [-0.3, -0.25) is 14.9 Å². The number of nitro groups is 1. The lowest BCUT2D eigenvalue weighted by Gasteiger charge is -2.17. The number of nitro benzene ring substituents is 1. The van der Waals surface area contributed by atoms with Gasteiger partial charge in [-0.25, -0.2) is 10.9 Å². The van der Waals surface area contributed by atoms with Gasteiger partial charge in [-0.15, -0.1) is 13.2 Å². The summed E-state index contributed by atoms with van der Waals surface area (Å²) in [6, 6.07) is 9.08. The van der Waals surface area contributed by atoms with E-state index in [1.54, 1.807) is 0 Å². The van der Waals surface area contributed by atoms with Crippen molar-refractivity contribution in [2.75, 3.05) is 5.01 Å². The number of nitrogens with two attached hydrogens (primary N) is 1. The van der Waals surface area contributed by atoms with Gasteiger partial charge in [-0.2, -0.15) is 0 Å². The molecular formula is C14H10F3N3O4. The van der Waals surface area contributed by atoms with Crippen LogP contribution < -0.4 is 15.6 Å². The number of carbonyl (C=O) groups excluding carboxylic acids is 1. The van der Waals surface area contributed by atoms with Crippen LogP contribution in [-0.2, 0) is 0 Å². The molecule has 7 nitrogen and oxygen atoms in total. The second kappa shape index (κ2) is 6.54. The number of hydrazine groups is 1. The molecule has 0 aliphatic carbocycles. The highest BCUT2D eigenvalue weighted by Gasteiger charge is 2.31. The molecule has 0 saturated carbocycles. The highest BCUT2D eigenvalue weighted by molar-refractivity contribution is 6.05. The second-order valence-electron chi connectivity index (χ2n) is 4.52. The zero-order valence-corrected chi connectivity index (χ0v) is 11.9. The van der Waals surface area contributed by atoms with Gasteiger partial charge in [-0.05, 0) is 36.4 Å². The molecule has 0 saturated heterocycles. The van der Waals surface area contributed by atoms with Gasteiger partial charge in [0, 0.05) is 17.7 Å². The lowest BCUT2D eigenvalue weighted by molar-refractivity contribution is -0.384. The van der Waals surface area contributed by atoms with E-state index in [2.05, 4.69) is 4.74 Å². The minimum Gasteiger partial charge on any atom is -0.406 e. The summed E-state index contributed by atoms with van der Waals surface area (Å²) in [6.45, 7) is 0. The third kappa shape index (κ3) is 4.20. The molecule has 2 aromatic rings. The molecule has 2 N–H and O–H groups in total. The number of rotatable bonds is 4. The Kier molecular flexibility index (Phi) is 4.69. The molecule has 2 rings (SSSR count). The van der Waals surface area contributed by atoms with Crippen LogP contribution in [0.15, 0.2) is 48.5 Å². The Morgan fingerprint density at radius 1 is 1.08 bits per heavy atom. The van der Waals surface area contributed by atoms with Gasteiger partial charge in [0.05, 0.1) is 10.6 Å². The third-order valence-corrected chi connectivity index (χ3v) is 2.89. The van der Waals surface area contributed by atoms with Crippen molar-refractivity contribution in [1.82, 2.24) is 0 Å². The first-order chi connectivity index (χ1) is 11.2. The second-order valence-corrected chi connectivity index (χ2v) is 4.52. The van der Waals surface area contributed by atoms with E-state index in [0.717, 1.165) is 29.3 Å². The van der Waals surface area contributed by atoms with Gasteiger partial charge in [0.1, 0.15) is 5.75 Å². The van der Waals surface area contributed by atoms with Gasteiger partial charge < -0.3 is 4.74 Å². The number of hydrogen-bond acceptors (Lipinski definition) is 5. The van der Waals surface area contributed by atoms with Crippen LogP contribution in [0.1, 0.15) is 10.4 Å². The van der Waals surface area contributed by atoms with Crippen LogP contribution in [0.3, 0.4) is 0 Å². The number of hydrogen-bond donors (Lipinski definition) is 1. The molecule has 0 spiro atoms. The molecule has 24 heavy (non-hydrogen) atoms. The average molecular weight is 341 g/mol. The van der Waals surface area contributed by atoms with Crippen LogP contribution in [0.4, 0.5) is 24.5 Å². The normalized spacial score (nSPS) is 11.0. The molecule has 10 heteroatoms. The van der Waals surface area contributed by atoms with Crippen LogP contribution in [-0.4, -0.2) is 17.2 Å². The molecule has 0 bridgehead atoms. The van der Waals surface area contributed by atoms with Crippen molar-refractivity contribution in [3.63, 3.8) is 0 Å². The number of nitrogens with zero attached hydrogens (tertiary/aromatic N) is 2. The topological polar surface area (TPSA) is 98.7 Å². The lowest BCUT2D eigenvalue weighted by Crippen LogP contribution is -2.37. The van der Waals surface area contributed by atoms with Crippen LogP contribution >= 0.6 is 0 Å². The maximum Gasteiger partial charge on any atom is 0.573 e. The molecule has 0 aliphatic rings. The summed E-state index contributed by atoms with van der Waals surface area (Å²) in [6.07, 6.45) is -4.83. The first-order valence-electron chi connectivity index (χ1n) is 6.37. The first kappa shape index (κ1) is 17.2. The Bertz CT molecular complexity index is 745. The number of halogens is 3. The van der Waals surface area contributed by atoms with Crippen LogP contribution in [0.25, 0.3) is 0 Å². The first-order valence-corrected chi connectivity index (χ1v) is 6.37. The Labute approximate surface area is 133 Å². The van der Waals surface area contributed by atoms with Crippen molar-refractivity contribution in [2.45, 2.75) is 6.36 Å². The predicted molar refractivity (Wildman–Crippen MR) is 77.2 cm³/mol. The number of anilines is 1. The summed E-state index contributed by atoms with van der Waals surface area (Å²) < 4.78 is 39.9. The summed E-state index contributed by atoms with van der Waals surface area (Å²) >= 11 is 0. The van der Waals surface area contributed by atoms with E-state index in [0.29, 0.717) is 0 Å². The summed E-state index contributed by atoms with van der Waals surface area (Å²) in [5, 5.41) is 11.3. The zero-order chi connectivity index (χ0) is 17.9. The Hall–Kier alpha value is -3.14. The van der Waals surface area contributed by atoms with E-state index in [4.69, 9.17) is 5.84 Å². The quantitative estimate of drug-likeness (QED) is 0.399. The molecule has 0 aromatic heterocycles. The highest BCUT2D eigenvalue weighted by Crippen LogP contribution is 2.24. The Morgan fingerprint density at radius 3 is 2.08 bits per heavy atom. The molecule has 0 unspecified atom stereocenters. The van der Waals surface area contributed by atoms with Crippen molar-refractivity contribution < 1.29 is 27.6 Å². The van der Waals surface area contributed by atoms with Crippen LogP contribution in [0.2, 0.25) is 0 Å². The Balaban J connectivity index is 2.14. The van der Waals surface area contributed by atoms with E-state index in [1.807, 2.05) is 0 Å². The molecule has 126 valence electrons. The fourth-order valence-corrected chi connectivity index (χ4v) is 1.79. The summed E-state index contributed by atoms with van der Waals surface area (Å²) in [4.78, 5) is 22.1. The molecule has 1 amide bonds. The van der Waals surface area contributed by atoms with Gasteiger partial charge in [0.25, 0.3) is 11.6 Å². The standard InChI is InChI=1S/C14H10F3N3O4/c15-14(16,17)24-12-7-1-9(2-8-12)13(21)19(18)10-3-5-11(6-4-10)20(22)23/h1-8H,18H2. The van der Waals surface area contributed by atoms with Crippen LogP contribution in [0, 0.1) is 10.1 Å². The monoisotopic (exact) mass is 341 g/mol. The molecule has 0 aliphatic heterocycles. The minimum atomic E-state index is -4.83. The number of benzene rings is 2. The molecule has 0 atom stereocenters. The van der Waals surface area contributed by atoms with E-state index >= 15 is 0 Å². The van der Waals surface area contributed by atoms with Gasteiger partial charge in [-0.1, -0.05) is 0 Å². The maximum atomic E-state index is 12.2. The molecule has 0 heterocycles. The van der Waals surface area contributed by atoms with Crippen LogP contribution in [0.5, 0.6) is 5.75 Å². The largest absolute Gasteiger partial charge is 0.573 e. The lowest BCUT2D eigenvalue weighted by atomic mass is 10.2. The number of carbonyl (C=O) groups is 1. The summed E-state index contributed by atoms with van der Waals surface area (Å²) in [7, 11) is 0. The number of non-ortho nitro benzene ring substituents is 1. The SMILES string of the molecule is NN(C(=O)c1ccc(OC(F)(F)F)cc1)c1ccc([N+](=O)[O-])cc1. The van der Waals surface area contributed by atoms with Gasteiger partial charge in [0.15, 0.2) is 0 Å². The van der Waals surface area contributed by atoms with Crippen molar-refractivity contribution >= 4 is 17.3 Å².